The molecule has 0 radical (unpaired) electrons. The van der Waals surface area contributed by atoms with E-state index in [9.17, 15) is 0 Å². The topological polar surface area (TPSA) is 54.5 Å². The van der Waals surface area contributed by atoms with Crippen LogP contribution in [0.4, 0.5) is 0 Å². The normalized spacial score (nSPS) is 11.3. The van der Waals surface area contributed by atoms with E-state index in [1.807, 2.05) is 30.3 Å². The van der Waals surface area contributed by atoms with Crippen LogP contribution in [0.5, 0.6) is 0 Å². The quantitative estimate of drug-likeness (QED) is 0.527. The number of hydrogen-bond acceptors (Lipinski definition) is 3. The van der Waals surface area contributed by atoms with E-state index in [1.54, 1.807) is 12.3 Å². The second-order valence-corrected chi connectivity index (χ2v) is 5.36. The van der Waals surface area contributed by atoms with Gasteiger partial charge in [-0.15, -0.1) is 0 Å². The Bertz CT molecular complexity index is 934. The summed E-state index contributed by atoms with van der Waals surface area (Å²) < 4.78 is 0. The molecule has 1 N–H and O–H groups in total. The molecule has 4 nitrogen and oxygen atoms in total. The summed E-state index contributed by atoms with van der Waals surface area (Å²) in [7, 11) is 0. The average Bonchev–Trinajstić information content (AvgIpc) is 2.90. The van der Waals surface area contributed by atoms with Crippen molar-refractivity contribution < 1.29 is 0 Å². The van der Waals surface area contributed by atoms with Crippen molar-refractivity contribution in [3.63, 3.8) is 0 Å². The fourth-order valence-corrected chi connectivity index (χ4v) is 2.61. The number of H-pyrrole nitrogens is 1. The lowest BCUT2D eigenvalue weighted by atomic mass is 10.1. The van der Waals surface area contributed by atoms with E-state index >= 15 is 0 Å². The monoisotopic (exact) mass is 314 g/mol. The molecule has 0 aliphatic rings. The second kappa shape index (κ2) is 4.69. The highest BCUT2D eigenvalue weighted by Gasteiger charge is 2.11. The SMILES string of the molecule is Clc1cc2[nH]c(-c3ccnc4ccccc34)nc2nc1Cl. The largest absolute Gasteiger partial charge is 0.337 e. The molecule has 4 aromatic rings. The Hall–Kier alpha value is -2.17. The van der Waals surface area contributed by atoms with Crippen molar-refractivity contribution in [3.8, 4) is 11.4 Å². The van der Waals surface area contributed by atoms with Crippen LogP contribution in [0.2, 0.25) is 10.2 Å². The second-order valence-electron chi connectivity index (χ2n) is 4.59. The first-order chi connectivity index (χ1) is 10.2. The van der Waals surface area contributed by atoms with Crippen LogP contribution < -0.4 is 0 Å². The number of para-hydroxylation sites is 1. The maximum Gasteiger partial charge on any atom is 0.179 e. The summed E-state index contributed by atoms with van der Waals surface area (Å²) in [5.74, 6) is 0.717. The number of nitrogens with zero attached hydrogens (tertiary/aromatic N) is 3. The van der Waals surface area contributed by atoms with Gasteiger partial charge in [0, 0.05) is 17.1 Å². The van der Waals surface area contributed by atoms with Crippen LogP contribution in [0.3, 0.4) is 0 Å². The minimum Gasteiger partial charge on any atom is -0.337 e. The molecule has 0 amide bonds. The molecule has 4 rings (SSSR count). The number of benzene rings is 1. The standard InChI is InChI=1S/C15H8Cl2N4/c16-10-7-12-15(20-13(10)17)21-14(19-12)9-5-6-18-11-4-2-1-3-8(9)11/h1-7H,(H,19,20,21). The highest BCUT2D eigenvalue weighted by atomic mass is 35.5. The van der Waals surface area contributed by atoms with E-state index in [1.165, 1.54) is 0 Å². The molecular weight excluding hydrogens is 307 g/mol. The van der Waals surface area contributed by atoms with Gasteiger partial charge in [-0.05, 0) is 18.2 Å². The van der Waals surface area contributed by atoms with Gasteiger partial charge < -0.3 is 4.98 Å². The molecule has 102 valence electrons. The minimum absolute atomic E-state index is 0.252. The van der Waals surface area contributed by atoms with Crippen LogP contribution in [0.1, 0.15) is 0 Å². The first-order valence-electron chi connectivity index (χ1n) is 6.28. The first kappa shape index (κ1) is 12.6. The molecule has 0 bridgehead atoms. The van der Waals surface area contributed by atoms with Crippen molar-refractivity contribution >= 4 is 45.3 Å². The van der Waals surface area contributed by atoms with Gasteiger partial charge in [0.2, 0.25) is 0 Å². The van der Waals surface area contributed by atoms with E-state index in [0.29, 0.717) is 10.7 Å². The van der Waals surface area contributed by atoms with Gasteiger partial charge in [-0.25, -0.2) is 9.97 Å². The number of imidazole rings is 1. The van der Waals surface area contributed by atoms with Gasteiger partial charge >= 0.3 is 0 Å². The van der Waals surface area contributed by atoms with Crippen molar-refractivity contribution in [1.29, 1.82) is 0 Å². The van der Waals surface area contributed by atoms with Gasteiger partial charge in [0.15, 0.2) is 5.65 Å². The molecular formula is C15H8Cl2N4. The summed E-state index contributed by atoms with van der Waals surface area (Å²) in [6.07, 6.45) is 1.76. The first-order valence-corrected chi connectivity index (χ1v) is 7.04. The van der Waals surface area contributed by atoms with Crippen molar-refractivity contribution in [2.45, 2.75) is 0 Å². The maximum absolute atomic E-state index is 5.99. The molecule has 0 aliphatic carbocycles. The zero-order valence-electron chi connectivity index (χ0n) is 10.6. The van der Waals surface area contributed by atoms with Crippen LogP contribution in [-0.4, -0.2) is 19.9 Å². The highest BCUT2D eigenvalue weighted by Crippen LogP contribution is 2.29. The molecule has 0 unspecified atom stereocenters. The fourth-order valence-electron chi connectivity index (χ4n) is 2.33. The lowest BCUT2D eigenvalue weighted by molar-refractivity contribution is 1.30. The van der Waals surface area contributed by atoms with E-state index in [4.69, 9.17) is 23.2 Å². The van der Waals surface area contributed by atoms with Crippen molar-refractivity contribution in [2.24, 2.45) is 0 Å². The lowest BCUT2D eigenvalue weighted by Crippen LogP contribution is -1.85. The summed E-state index contributed by atoms with van der Waals surface area (Å²) in [4.78, 5) is 16.3. The van der Waals surface area contributed by atoms with Gasteiger partial charge in [0.1, 0.15) is 11.0 Å². The number of nitrogens with one attached hydrogen (secondary N) is 1. The Labute approximate surface area is 129 Å². The highest BCUT2D eigenvalue weighted by molar-refractivity contribution is 6.41. The summed E-state index contributed by atoms with van der Waals surface area (Å²) in [5, 5.41) is 1.68. The molecule has 0 saturated carbocycles. The molecule has 6 heteroatoms. The number of pyridine rings is 2. The predicted molar refractivity (Wildman–Crippen MR) is 84.6 cm³/mol. The number of halogens is 2. The molecule has 0 aliphatic heterocycles. The predicted octanol–water partition coefficient (Wildman–Crippen LogP) is 4.48. The maximum atomic E-state index is 5.99. The van der Waals surface area contributed by atoms with Crippen LogP contribution in [0, 0.1) is 0 Å². The van der Waals surface area contributed by atoms with Gasteiger partial charge in [-0.2, -0.15) is 0 Å². The summed E-state index contributed by atoms with van der Waals surface area (Å²) in [6.45, 7) is 0. The Morgan fingerprint density at radius 2 is 1.86 bits per heavy atom. The van der Waals surface area contributed by atoms with Crippen LogP contribution >= 0.6 is 23.2 Å². The van der Waals surface area contributed by atoms with Crippen molar-refractivity contribution in [3.05, 3.63) is 52.8 Å². The Morgan fingerprint density at radius 1 is 1.00 bits per heavy atom. The summed E-state index contributed by atoms with van der Waals surface area (Å²) in [5.41, 5.74) is 3.17. The number of rotatable bonds is 1. The Balaban J connectivity index is 2.00. The minimum atomic E-state index is 0.252. The summed E-state index contributed by atoms with van der Waals surface area (Å²) >= 11 is 11.9. The number of fused-ring (bicyclic) bond motifs is 2. The molecule has 21 heavy (non-hydrogen) atoms. The van der Waals surface area contributed by atoms with Gasteiger partial charge in [-0.3, -0.25) is 4.98 Å². The van der Waals surface area contributed by atoms with E-state index in [0.717, 1.165) is 27.8 Å². The van der Waals surface area contributed by atoms with Crippen molar-refractivity contribution in [2.75, 3.05) is 0 Å². The molecule has 0 spiro atoms. The molecule has 0 atom stereocenters. The Morgan fingerprint density at radius 3 is 2.76 bits per heavy atom. The third kappa shape index (κ3) is 2.04. The molecule has 3 heterocycles. The van der Waals surface area contributed by atoms with Gasteiger partial charge in [0.25, 0.3) is 0 Å². The third-order valence-corrected chi connectivity index (χ3v) is 3.96. The number of hydrogen-bond donors (Lipinski definition) is 1. The molecule has 0 fully saturated rings. The van der Waals surface area contributed by atoms with Crippen LogP contribution in [-0.2, 0) is 0 Å². The van der Waals surface area contributed by atoms with E-state index in [-0.39, 0.29) is 5.15 Å². The van der Waals surface area contributed by atoms with E-state index in [2.05, 4.69) is 19.9 Å². The third-order valence-electron chi connectivity index (χ3n) is 3.29. The van der Waals surface area contributed by atoms with Crippen molar-refractivity contribution in [1.82, 2.24) is 19.9 Å². The molecule has 0 saturated heterocycles. The van der Waals surface area contributed by atoms with Gasteiger partial charge in [0.05, 0.1) is 16.1 Å². The van der Waals surface area contributed by atoms with Crippen LogP contribution in [0.25, 0.3) is 33.5 Å². The number of aromatic nitrogens is 4. The van der Waals surface area contributed by atoms with Crippen LogP contribution in [0.15, 0.2) is 42.6 Å². The molecule has 3 aromatic heterocycles. The zero-order valence-corrected chi connectivity index (χ0v) is 12.2. The number of aromatic amines is 1. The Kier molecular flexibility index (Phi) is 2.80. The van der Waals surface area contributed by atoms with Gasteiger partial charge in [-0.1, -0.05) is 41.4 Å². The fraction of sp³-hybridized carbons (Fsp3) is 0. The smallest absolute Gasteiger partial charge is 0.179 e. The van der Waals surface area contributed by atoms with E-state index < -0.39 is 0 Å². The average molecular weight is 315 g/mol. The summed E-state index contributed by atoms with van der Waals surface area (Å²) in [6, 6.07) is 11.6. The molecule has 1 aromatic carbocycles. The lowest BCUT2D eigenvalue weighted by Gasteiger charge is -2.02. The zero-order chi connectivity index (χ0) is 14.4.